The van der Waals surface area contributed by atoms with Gasteiger partial charge in [-0.05, 0) is 67.1 Å². The molecule has 1 amide bonds. The Labute approximate surface area is 112 Å². The molecule has 0 fully saturated rings. The van der Waals surface area contributed by atoms with Crippen LogP contribution in [0.15, 0.2) is 0 Å². The molecule has 0 saturated carbocycles. The highest BCUT2D eigenvalue weighted by atomic mass is 16.1. The molecule has 0 heterocycles. The fourth-order valence-corrected chi connectivity index (χ4v) is 1.77. The molecule has 18 heavy (non-hydrogen) atoms. The van der Waals surface area contributed by atoms with Crippen LogP contribution < -0.4 is 11.1 Å². The third-order valence-corrected chi connectivity index (χ3v) is 4.41. The Hall–Kier alpha value is -0.610. The van der Waals surface area contributed by atoms with Gasteiger partial charge in [0.25, 0.3) is 0 Å². The second-order valence-corrected chi connectivity index (χ2v) is 5.99. The Kier molecular flexibility index (Phi) is 6.86. The number of hydrogen-bond acceptors (Lipinski definition) is 3. The van der Waals surface area contributed by atoms with E-state index in [2.05, 4.69) is 38.0 Å². The molecule has 0 radical (unpaired) electrons. The van der Waals surface area contributed by atoms with Gasteiger partial charge in [-0.2, -0.15) is 0 Å². The maximum Gasteiger partial charge on any atom is 0.237 e. The van der Waals surface area contributed by atoms with Crippen LogP contribution in [-0.4, -0.2) is 42.5 Å². The van der Waals surface area contributed by atoms with Crippen molar-refractivity contribution in [1.82, 2.24) is 10.2 Å². The normalized spacial score (nSPS) is 15.7. The molecule has 0 bridgehead atoms. The van der Waals surface area contributed by atoms with Gasteiger partial charge < -0.3 is 16.0 Å². The zero-order valence-electron chi connectivity index (χ0n) is 13.0. The van der Waals surface area contributed by atoms with Gasteiger partial charge in [-0.25, -0.2) is 0 Å². The third-order valence-electron chi connectivity index (χ3n) is 4.41. The van der Waals surface area contributed by atoms with Crippen LogP contribution in [0.4, 0.5) is 0 Å². The highest BCUT2D eigenvalue weighted by Gasteiger charge is 2.28. The zero-order valence-corrected chi connectivity index (χ0v) is 13.0. The molecule has 0 aliphatic heterocycles. The minimum atomic E-state index is -0.571. The van der Waals surface area contributed by atoms with Crippen molar-refractivity contribution < 1.29 is 4.79 Å². The molecule has 108 valence electrons. The number of primary amides is 1. The van der Waals surface area contributed by atoms with Crippen molar-refractivity contribution in [2.75, 3.05) is 20.6 Å². The van der Waals surface area contributed by atoms with E-state index in [0.29, 0.717) is 0 Å². The van der Waals surface area contributed by atoms with E-state index in [1.165, 1.54) is 0 Å². The van der Waals surface area contributed by atoms with Crippen LogP contribution in [0.1, 0.15) is 53.4 Å². The van der Waals surface area contributed by atoms with Crippen molar-refractivity contribution in [2.45, 2.75) is 64.5 Å². The van der Waals surface area contributed by atoms with Crippen LogP contribution in [-0.2, 0) is 4.79 Å². The second-order valence-electron chi connectivity index (χ2n) is 5.99. The standard InChI is InChI=1S/C14H31N3O/c1-7-13(2,3)17(6)11-9-8-10-14(4,16-5)12(15)18/h16H,7-11H2,1-6H3,(H2,15,18). The Morgan fingerprint density at radius 3 is 2.22 bits per heavy atom. The van der Waals surface area contributed by atoms with Crippen LogP contribution in [0.3, 0.4) is 0 Å². The van der Waals surface area contributed by atoms with Crippen molar-refractivity contribution >= 4 is 5.91 Å². The fourth-order valence-electron chi connectivity index (χ4n) is 1.77. The lowest BCUT2D eigenvalue weighted by molar-refractivity contribution is -0.123. The predicted octanol–water partition coefficient (Wildman–Crippen LogP) is 1.74. The molecule has 0 saturated heterocycles. The second kappa shape index (κ2) is 7.10. The molecule has 4 nitrogen and oxygen atoms in total. The van der Waals surface area contributed by atoms with Crippen molar-refractivity contribution in [2.24, 2.45) is 5.73 Å². The van der Waals surface area contributed by atoms with Gasteiger partial charge in [-0.3, -0.25) is 4.79 Å². The Bertz CT molecular complexity index is 266. The van der Waals surface area contributed by atoms with Gasteiger partial charge in [-0.1, -0.05) is 6.92 Å². The molecule has 0 aliphatic rings. The third kappa shape index (κ3) is 4.94. The summed E-state index contributed by atoms with van der Waals surface area (Å²) in [4.78, 5) is 13.7. The average molecular weight is 257 g/mol. The number of nitrogens with zero attached hydrogens (tertiary/aromatic N) is 1. The maximum absolute atomic E-state index is 11.3. The highest BCUT2D eigenvalue weighted by Crippen LogP contribution is 2.18. The summed E-state index contributed by atoms with van der Waals surface area (Å²) in [5.74, 6) is -0.271. The fraction of sp³-hybridized carbons (Fsp3) is 0.929. The first-order valence-corrected chi connectivity index (χ1v) is 6.89. The van der Waals surface area contributed by atoms with Crippen LogP contribution in [0.2, 0.25) is 0 Å². The van der Waals surface area contributed by atoms with Gasteiger partial charge in [0.1, 0.15) is 0 Å². The van der Waals surface area contributed by atoms with Crippen molar-refractivity contribution in [3.8, 4) is 0 Å². The number of carbonyl (C=O) groups is 1. The molecular weight excluding hydrogens is 226 g/mol. The number of rotatable bonds is 9. The number of amides is 1. The Morgan fingerprint density at radius 2 is 1.83 bits per heavy atom. The number of nitrogens with two attached hydrogens (primary N) is 1. The van der Waals surface area contributed by atoms with Crippen LogP contribution in [0.25, 0.3) is 0 Å². The number of unbranched alkanes of at least 4 members (excludes halogenated alkanes) is 1. The minimum absolute atomic E-state index is 0.246. The first kappa shape index (κ1) is 17.4. The smallest absolute Gasteiger partial charge is 0.237 e. The van der Waals surface area contributed by atoms with Crippen molar-refractivity contribution in [3.63, 3.8) is 0 Å². The predicted molar refractivity (Wildman–Crippen MR) is 77.5 cm³/mol. The summed E-state index contributed by atoms with van der Waals surface area (Å²) >= 11 is 0. The van der Waals surface area contributed by atoms with Gasteiger partial charge in [0.2, 0.25) is 5.91 Å². The molecule has 0 rings (SSSR count). The summed E-state index contributed by atoms with van der Waals surface area (Å²) in [7, 11) is 3.95. The van der Waals surface area contributed by atoms with E-state index in [1.54, 1.807) is 7.05 Å². The molecule has 0 aromatic rings. The summed E-state index contributed by atoms with van der Waals surface area (Å²) in [5, 5.41) is 3.02. The number of nitrogens with one attached hydrogen (secondary N) is 1. The summed E-state index contributed by atoms with van der Waals surface area (Å²) in [5.41, 5.74) is 5.08. The minimum Gasteiger partial charge on any atom is -0.368 e. The van der Waals surface area contributed by atoms with Gasteiger partial charge in [-0.15, -0.1) is 0 Å². The topological polar surface area (TPSA) is 58.4 Å². The lowest BCUT2D eigenvalue weighted by Crippen LogP contribution is -2.51. The van der Waals surface area contributed by atoms with Gasteiger partial charge >= 0.3 is 0 Å². The summed E-state index contributed by atoms with van der Waals surface area (Å²) in [6.07, 6.45) is 4.02. The van der Waals surface area contributed by atoms with E-state index in [-0.39, 0.29) is 11.4 Å². The molecule has 0 spiro atoms. The largest absolute Gasteiger partial charge is 0.368 e. The molecule has 1 atom stereocenters. The lowest BCUT2D eigenvalue weighted by Gasteiger charge is -2.35. The van der Waals surface area contributed by atoms with E-state index >= 15 is 0 Å². The summed E-state index contributed by atoms with van der Waals surface area (Å²) in [6, 6.07) is 0. The molecule has 4 heteroatoms. The molecular formula is C14H31N3O. The van der Waals surface area contributed by atoms with Gasteiger partial charge in [0.15, 0.2) is 0 Å². The van der Waals surface area contributed by atoms with E-state index in [9.17, 15) is 4.79 Å². The number of hydrogen-bond donors (Lipinski definition) is 2. The SMILES string of the molecule is CCC(C)(C)N(C)CCCCC(C)(NC)C(N)=O. The zero-order chi connectivity index (χ0) is 14.4. The first-order valence-electron chi connectivity index (χ1n) is 6.89. The molecule has 0 aromatic carbocycles. The van der Waals surface area contributed by atoms with Gasteiger partial charge in [0, 0.05) is 5.54 Å². The Balaban J connectivity index is 4.04. The maximum atomic E-state index is 11.3. The van der Waals surface area contributed by atoms with E-state index in [4.69, 9.17) is 5.73 Å². The number of carbonyl (C=O) groups excluding carboxylic acids is 1. The van der Waals surface area contributed by atoms with E-state index in [1.807, 2.05) is 6.92 Å². The van der Waals surface area contributed by atoms with Crippen LogP contribution >= 0.6 is 0 Å². The quantitative estimate of drug-likeness (QED) is 0.619. The van der Waals surface area contributed by atoms with Crippen LogP contribution in [0, 0.1) is 0 Å². The monoisotopic (exact) mass is 257 g/mol. The van der Waals surface area contributed by atoms with Crippen LogP contribution in [0.5, 0.6) is 0 Å². The Morgan fingerprint density at radius 1 is 1.28 bits per heavy atom. The molecule has 1 unspecified atom stereocenters. The summed E-state index contributed by atoms with van der Waals surface area (Å²) < 4.78 is 0. The highest BCUT2D eigenvalue weighted by molar-refractivity contribution is 5.84. The van der Waals surface area contributed by atoms with Crippen molar-refractivity contribution in [3.05, 3.63) is 0 Å². The molecule has 0 aliphatic carbocycles. The lowest BCUT2D eigenvalue weighted by atomic mass is 9.93. The number of likely N-dealkylation sites (N-methyl/N-ethyl adjacent to an activating group) is 1. The van der Waals surface area contributed by atoms with E-state index in [0.717, 1.165) is 32.2 Å². The first-order chi connectivity index (χ1) is 8.19. The van der Waals surface area contributed by atoms with Crippen molar-refractivity contribution in [1.29, 1.82) is 0 Å². The average Bonchev–Trinajstić information content (AvgIpc) is 2.33. The molecule has 3 N–H and O–H groups in total. The summed E-state index contributed by atoms with van der Waals surface area (Å²) in [6.45, 7) is 9.65. The van der Waals surface area contributed by atoms with E-state index < -0.39 is 5.54 Å². The van der Waals surface area contributed by atoms with Gasteiger partial charge in [0.05, 0.1) is 5.54 Å². The molecule has 0 aromatic heterocycles.